The van der Waals surface area contributed by atoms with Crippen LogP contribution in [0.2, 0.25) is 0 Å². The summed E-state index contributed by atoms with van der Waals surface area (Å²) >= 11 is 0. The number of hydrogen-bond acceptors (Lipinski definition) is 3. The maximum absolute atomic E-state index is 6.72. The Morgan fingerprint density at radius 3 is 2.28 bits per heavy atom. The molecule has 0 aromatic heterocycles. The molecule has 13 rings (SSSR count). The lowest BCUT2D eigenvalue weighted by atomic mass is 9.52. The standard InChI is InChI=1S/C80H122N2O/c1-7-56-30-42-64(43-31-56)82-76-54-72(70(59-23-13-11-14-24-59)53-74(76)79(6)50-21-19-29-77(79)82)78(4,5)61-37-39-62(40-38-61)80(51-20-10-9-12-22-58-34-46-66(47-35-58)83-65-44-32-57(8-2)33-45-65)71-28-18-17-27-68(71)69-48-41-63(52-73(69)80)81-75-49-36-60-25-15-16-26-67(60)55(75)3/h7-8,29-30,34,37,55,57,59,62-66,68-73,75,81H,1-2,9-28,31-33,35-36,38-54H2,3-6H3. The van der Waals surface area contributed by atoms with Gasteiger partial charge < -0.3 is 15.0 Å². The van der Waals surface area contributed by atoms with Crippen molar-refractivity contribution < 1.29 is 4.74 Å². The Hall–Kier alpha value is -2.36. The molecule has 83 heavy (non-hydrogen) atoms. The number of nitrogens with zero attached hydrogens (tertiary/aromatic N) is 1. The second-order valence-electron chi connectivity index (χ2n) is 32.5. The van der Waals surface area contributed by atoms with Gasteiger partial charge in [0.05, 0.1) is 12.2 Å². The monoisotopic (exact) mass is 1130 g/mol. The van der Waals surface area contributed by atoms with Crippen molar-refractivity contribution in [3.63, 3.8) is 0 Å². The maximum Gasteiger partial charge on any atom is 0.0616 e. The second-order valence-corrected chi connectivity index (χ2v) is 32.5. The van der Waals surface area contributed by atoms with E-state index in [1.165, 1.54) is 256 Å². The first-order valence-corrected chi connectivity index (χ1v) is 37.2. The molecule has 14 unspecified atom stereocenters. The molecule has 1 N–H and O–H groups in total. The van der Waals surface area contributed by atoms with Crippen LogP contribution in [0.5, 0.6) is 0 Å². The van der Waals surface area contributed by atoms with Gasteiger partial charge in [0.25, 0.3) is 0 Å². The Kier molecular flexibility index (Phi) is 18.7. The van der Waals surface area contributed by atoms with Crippen molar-refractivity contribution >= 4 is 0 Å². The molecule has 0 amide bonds. The van der Waals surface area contributed by atoms with Crippen molar-refractivity contribution in [3.05, 3.63) is 94.4 Å². The van der Waals surface area contributed by atoms with Crippen LogP contribution in [0.3, 0.4) is 0 Å². The number of rotatable bonds is 18. The van der Waals surface area contributed by atoms with Gasteiger partial charge in [-0.25, -0.2) is 0 Å². The molecule has 0 aromatic carbocycles. The molecule has 5 saturated carbocycles. The van der Waals surface area contributed by atoms with Crippen LogP contribution < -0.4 is 5.32 Å². The van der Waals surface area contributed by atoms with E-state index in [-0.39, 0.29) is 10.8 Å². The molecular formula is C80H122N2O. The van der Waals surface area contributed by atoms with Crippen LogP contribution in [0, 0.1) is 75.4 Å². The summed E-state index contributed by atoms with van der Waals surface area (Å²) in [5, 5.41) is 4.59. The number of unbranched alkanes of at least 4 members (excludes halogenated alkanes) is 3. The lowest BCUT2D eigenvalue weighted by molar-refractivity contribution is -0.0376. The predicted octanol–water partition coefficient (Wildman–Crippen LogP) is 22.1. The van der Waals surface area contributed by atoms with E-state index in [1.807, 2.05) is 28.0 Å². The van der Waals surface area contributed by atoms with Gasteiger partial charge >= 0.3 is 0 Å². The molecule has 1 heterocycles. The highest BCUT2D eigenvalue weighted by Gasteiger charge is 2.63. The van der Waals surface area contributed by atoms with Crippen LogP contribution in [0.4, 0.5) is 0 Å². The van der Waals surface area contributed by atoms with Crippen LogP contribution >= 0.6 is 0 Å². The quantitative estimate of drug-likeness (QED) is 0.109. The summed E-state index contributed by atoms with van der Waals surface area (Å²) in [6.07, 6.45) is 74.4. The third kappa shape index (κ3) is 11.8. The number of nitrogens with one attached hydrogen (secondary N) is 1. The number of ether oxygens (including phenoxy) is 1. The minimum atomic E-state index is 0.221. The highest BCUT2D eigenvalue weighted by atomic mass is 16.5. The zero-order chi connectivity index (χ0) is 56.7. The summed E-state index contributed by atoms with van der Waals surface area (Å²) in [6.45, 7) is 19.3. The molecule has 12 aliphatic carbocycles. The fraction of sp³-hybridized carbons (Fsp3) is 0.800. The smallest absolute Gasteiger partial charge is 0.0616 e. The molecule has 3 nitrogen and oxygen atoms in total. The van der Waals surface area contributed by atoms with E-state index in [1.54, 1.807) is 24.1 Å². The third-order valence-corrected chi connectivity index (χ3v) is 28.3. The average Bonchev–Trinajstić information content (AvgIpc) is 1.86. The van der Waals surface area contributed by atoms with Crippen LogP contribution in [0.25, 0.3) is 0 Å². The number of fused-ring (bicyclic) bond motifs is 5. The van der Waals surface area contributed by atoms with Crippen molar-refractivity contribution in [1.29, 1.82) is 0 Å². The predicted molar refractivity (Wildman–Crippen MR) is 351 cm³/mol. The van der Waals surface area contributed by atoms with E-state index in [0.717, 1.165) is 65.7 Å². The first-order chi connectivity index (χ1) is 40.5. The van der Waals surface area contributed by atoms with E-state index >= 15 is 0 Å². The van der Waals surface area contributed by atoms with Gasteiger partial charge in [0, 0.05) is 34.9 Å². The van der Waals surface area contributed by atoms with E-state index in [9.17, 15) is 0 Å². The molecule has 0 aromatic rings. The summed E-state index contributed by atoms with van der Waals surface area (Å²) in [5.74, 6) is 8.62. The molecule has 14 atom stereocenters. The van der Waals surface area contributed by atoms with Crippen molar-refractivity contribution in [1.82, 2.24) is 10.2 Å². The van der Waals surface area contributed by atoms with E-state index in [4.69, 9.17) is 4.74 Å². The van der Waals surface area contributed by atoms with Crippen molar-refractivity contribution in [2.75, 3.05) is 0 Å². The van der Waals surface area contributed by atoms with E-state index in [0.29, 0.717) is 35.6 Å². The molecule has 458 valence electrons. The van der Waals surface area contributed by atoms with Crippen molar-refractivity contribution in [3.8, 4) is 0 Å². The molecule has 0 bridgehead atoms. The Morgan fingerprint density at radius 2 is 1.49 bits per heavy atom. The van der Waals surface area contributed by atoms with E-state index < -0.39 is 0 Å². The molecule has 0 spiro atoms. The minimum absolute atomic E-state index is 0.221. The lowest BCUT2D eigenvalue weighted by Crippen LogP contribution is -2.50. The summed E-state index contributed by atoms with van der Waals surface area (Å²) in [5.41, 5.74) is 15.4. The first kappa shape index (κ1) is 59.6. The van der Waals surface area contributed by atoms with Gasteiger partial charge in [0.15, 0.2) is 0 Å². The fourth-order valence-electron chi connectivity index (χ4n) is 23.8. The second kappa shape index (κ2) is 26.0. The SMILES string of the molecule is C=CC1=CCC(N2C3=CCCCC3(C)C3=C2CC(C(C)(C)C2=CCC(C4(CCCCCCC5=CCC(OC6CCC(C=C)CC6)CC5)C5CCCCC5C5CCC(NC6CCC7=C(CCCC7)C6C)CC54)CC2)C(C2CCCCC2)C3)CC1. The largest absolute Gasteiger partial charge is 0.375 e. The summed E-state index contributed by atoms with van der Waals surface area (Å²) in [6, 6.07) is 2.02. The Bertz CT molecular complexity index is 2480. The fourth-order valence-corrected chi connectivity index (χ4v) is 23.8. The molecular weight excluding hydrogens is 1000 g/mol. The van der Waals surface area contributed by atoms with Crippen molar-refractivity contribution in [2.24, 2.45) is 75.4 Å². The van der Waals surface area contributed by atoms with Gasteiger partial charge in [-0.3, -0.25) is 0 Å². The normalized spacial score (nSPS) is 40.7. The molecule has 13 aliphatic rings. The average molecular weight is 1130 g/mol. The third-order valence-electron chi connectivity index (χ3n) is 28.3. The highest BCUT2D eigenvalue weighted by Crippen LogP contribution is 2.71. The van der Waals surface area contributed by atoms with Gasteiger partial charge in [0.2, 0.25) is 0 Å². The Labute approximate surface area is 509 Å². The number of hydrogen-bond donors (Lipinski definition) is 1. The zero-order valence-electron chi connectivity index (χ0n) is 54.1. The van der Waals surface area contributed by atoms with Crippen molar-refractivity contribution in [2.45, 2.75) is 328 Å². The summed E-state index contributed by atoms with van der Waals surface area (Å²) in [7, 11) is 0. The molecule has 0 radical (unpaired) electrons. The number of allylic oxidation sites excluding steroid dienone is 10. The summed E-state index contributed by atoms with van der Waals surface area (Å²) in [4.78, 5) is 3.05. The first-order valence-electron chi connectivity index (χ1n) is 37.2. The molecule has 0 saturated heterocycles. The van der Waals surface area contributed by atoms with Gasteiger partial charge in [-0.2, -0.15) is 0 Å². The Balaban J connectivity index is 0.748. The van der Waals surface area contributed by atoms with Crippen LogP contribution in [-0.4, -0.2) is 35.2 Å². The minimum Gasteiger partial charge on any atom is -0.375 e. The maximum atomic E-state index is 6.72. The van der Waals surface area contributed by atoms with Crippen LogP contribution in [0.15, 0.2) is 94.4 Å². The van der Waals surface area contributed by atoms with Crippen LogP contribution in [0.1, 0.15) is 297 Å². The lowest BCUT2D eigenvalue weighted by Gasteiger charge is -2.53. The molecule has 1 aliphatic heterocycles. The van der Waals surface area contributed by atoms with Gasteiger partial charge in [-0.15, -0.1) is 6.58 Å². The van der Waals surface area contributed by atoms with Gasteiger partial charge in [-0.05, 0) is 281 Å². The summed E-state index contributed by atoms with van der Waals surface area (Å²) < 4.78 is 6.72. The Morgan fingerprint density at radius 1 is 0.675 bits per heavy atom. The molecule has 3 heteroatoms. The topological polar surface area (TPSA) is 24.5 Å². The highest BCUT2D eigenvalue weighted by molar-refractivity contribution is 5.45. The van der Waals surface area contributed by atoms with Gasteiger partial charge in [0.1, 0.15) is 0 Å². The van der Waals surface area contributed by atoms with Crippen LogP contribution in [-0.2, 0) is 4.74 Å². The molecule has 5 fully saturated rings. The zero-order valence-corrected chi connectivity index (χ0v) is 54.1. The van der Waals surface area contributed by atoms with Gasteiger partial charge in [-0.1, -0.05) is 163 Å². The van der Waals surface area contributed by atoms with E-state index in [2.05, 4.69) is 87.5 Å².